The minimum Gasteiger partial charge on any atom is -0.869 e. The van der Waals surface area contributed by atoms with Crippen LogP contribution in [0, 0.1) is 17.9 Å². The van der Waals surface area contributed by atoms with E-state index < -0.39 is 23.3 Å². The van der Waals surface area contributed by atoms with Crippen molar-refractivity contribution in [3.05, 3.63) is 146 Å². The summed E-state index contributed by atoms with van der Waals surface area (Å²) < 4.78 is 0.921. The summed E-state index contributed by atoms with van der Waals surface area (Å²) in [5.74, 6) is -1.82. The normalized spacial score (nSPS) is 14.7. The summed E-state index contributed by atoms with van der Waals surface area (Å²) >= 11 is 0. The topological polar surface area (TPSA) is 111 Å². The molecule has 2 aromatic carbocycles. The van der Waals surface area contributed by atoms with E-state index in [1.807, 2.05) is 66.7 Å². The van der Waals surface area contributed by atoms with Crippen LogP contribution in [0.5, 0.6) is 5.88 Å². The fourth-order valence-corrected chi connectivity index (χ4v) is 4.56. The zero-order chi connectivity index (χ0) is 29.5. The Bertz CT molecular complexity index is 1780. The van der Waals surface area contributed by atoms with Gasteiger partial charge in [0.25, 0.3) is 17.4 Å². The van der Waals surface area contributed by atoms with Crippen molar-refractivity contribution in [1.82, 2.24) is 9.47 Å². The average Bonchev–Trinajstić information content (AvgIpc) is 2.99. The highest BCUT2D eigenvalue weighted by Crippen LogP contribution is 2.32. The largest absolute Gasteiger partial charge is 0.869 e. The highest BCUT2D eigenvalue weighted by molar-refractivity contribution is 6.18. The van der Waals surface area contributed by atoms with E-state index in [1.165, 1.54) is 26.2 Å². The van der Waals surface area contributed by atoms with Crippen LogP contribution in [-0.4, -0.2) is 28.3 Å². The number of allylic oxidation sites excluding steroid dienone is 4. The molecule has 2 amide bonds. The second-order valence-corrected chi connectivity index (χ2v) is 9.31. The Hall–Kier alpha value is -5.73. The molecule has 3 aromatic rings. The van der Waals surface area contributed by atoms with Gasteiger partial charge >= 0.3 is 0 Å². The molecule has 0 saturated heterocycles. The Kier molecular flexibility index (Phi) is 8.57. The first-order chi connectivity index (χ1) is 19.8. The van der Waals surface area contributed by atoms with Crippen molar-refractivity contribution in [3.63, 3.8) is 0 Å². The SMILES string of the molecule is [C-]#[N+]c1c(Cc2ccccc2)c(/C=C/C=C/C=C2\C(=O)N(C)C(=O)C(C#N)=C2Cc2ccccc2)c(=O)n(C)c1[O-]. The van der Waals surface area contributed by atoms with Gasteiger partial charge in [0.05, 0.1) is 6.57 Å². The summed E-state index contributed by atoms with van der Waals surface area (Å²) in [4.78, 5) is 43.0. The molecule has 8 heteroatoms. The van der Waals surface area contributed by atoms with Gasteiger partial charge < -0.3 is 9.67 Å². The van der Waals surface area contributed by atoms with Crippen LogP contribution >= 0.6 is 0 Å². The van der Waals surface area contributed by atoms with Gasteiger partial charge in [0.1, 0.15) is 11.6 Å². The molecule has 1 aromatic heterocycles. The van der Waals surface area contributed by atoms with Crippen LogP contribution in [0.4, 0.5) is 5.69 Å². The zero-order valence-corrected chi connectivity index (χ0v) is 22.5. The Balaban J connectivity index is 1.72. The van der Waals surface area contributed by atoms with E-state index in [9.17, 15) is 24.8 Å². The molecule has 0 atom stereocenters. The fraction of sp³-hybridized carbons (Fsp3) is 0.121. The van der Waals surface area contributed by atoms with Crippen LogP contribution in [0.3, 0.4) is 0 Å². The minimum atomic E-state index is -0.649. The first kappa shape index (κ1) is 28.3. The number of rotatable bonds is 7. The Morgan fingerprint density at radius 3 is 2.10 bits per heavy atom. The molecule has 0 spiro atoms. The number of imide groups is 1. The van der Waals surface area contributed by atoms with Crippen LogP contribution in [0.25, 0.3) is 10.9 Å². The van der Waals surface area contributed by atoms with Crippen LogP contribution in [0.1, 0.15) is 22.3 Å². The van der Waals surface area contributed by atoms with Gasteiger partial charge in [0, 0.05) is 25.2 Å². The molecule has 2 heterocycles. The first-order valence-electron chi connectivity index (χ1n) is 12.7. The number of likely N-dealkylation sites (N-methyl/N-ethyl adjacent to an activating group) is 1. The van der Waals surface area contributed by atoms with Gasteiger partial charge in [-0.3, -0.25) is 19.3 Å². The molecule has 41 heavy (non-hydrogen) atoms. The van der Waals surface area contributed by atoms with E-state index in [0.717, 1.165) is 20.6 Å². The van der Waals surface area contributed by atoms with Gasteiger partial charge in [0.15, 0.2) is 5.69 Å². The van der Waals surface area contributed by atoms with Crippen molar-refractivity contribution < 1.29 is 14.7 Å². The predicted molar refractivity (Wildman–Crippen MR) is 153 cm³/mol. The number of carbonyl (C=O) groups excluding carboxylic acids is 2. The van der Waals surface area contributed by atoms with E-state index in [4.69, 9.17) is 6.57 Å². The number of hydrogen-bond acceptors (Lipinski definition) is 5. The quantitative estimate of drug-likeness (QED) is 0.193. The number of nitrogens with zero attached hydrogens (tertiary/aromatic N) is 4. The molecule has 8 nitrogen and oxygen atoms in total. The number of pyridine rings is 1. The van der Waals surface area contributed by atoms with Crippen LogP contribution in [-0.2, 0) is 29.5 Å². The van der Waals surface area contributed by atoms with Crippen molar-refractivity contribution in [2.45, 2.75) is 12.8 Å². The molecule has 1 aliphatic rings. The van der Waals surface area contributed by atoms with Crippen molar-refractivity contribution in [1.29, 1.82) is 5.26 Å². The summed E-state index contributed by atoms with van der Waals surface area (Å²) in [6.45, 7) is 7.57. The van der Waals surface area contributed by atoms with Crippen molar-refractivity contribution in [3.8, 4) is 11.9 Å². The zero-order valence-electron chi connectivity index (χ0n) is 22.5. The highest BCUT2D eigenvalue weighted by Gasteiger charge is 2.34. The number of nitriles is 1. The van der Waals surface area contributed by atoms with Crippen molar-refractivity contribution in [2.24, 2.45) is 7.05 Å². The molecule has 0 aliphatic carbocycles. The van der Waals surface area contributed by atoms with Gasteiger partial charge in [-0.15, -0.1) is 0 Å². The molecule has 0 unspecified atom stereocenters. The predicted octanol–water partition coefficient (Wildman–Crippen LogP) is 4.16. The summed E-state index contributed by atoms with van der Waals surface area (Å²) in [5, 5.41) is 22.4. The molecule has 0 radical (unpaired) electrons. The Morgan fingerprint density at radius 1 is 0.902 bits per heavy atom. The van der Waals surface area contributed by atoms with Crippen molar-refractivity contribution in [2.75, 3.05) is 7.05 Å². The first-order valence-corrected chi connectivity index (χ1v) is 12.7. The summed E-state index contributed by atoms with van der Waals surface area (Å²) in [6.07, 6.45) is 8.27. The lowest BCUT2D eigenvalue weighted by molar-refractivity contribution is -0.277. The van der Waals surface area contributed by atoms with Crippen LogP contribution in [0.15, 0.2) is 106 Å². The Labute approximate surface area is 237 Å². The third kappa shape index (κ3) is 5.83. The smallest absolute Gasteiger partial charge is 0.271 e. The molecule has 0 bridgehead atoms. The summed E-state index contributed by atoms with van der Waals surface area (Å²) in [7, 11) is 2.67. The molecular formula is C33H25N4O4-. The molecule has 4 rings (SSSR count). The maximum Gasteiger partial charge on any atom is 0.271 e. The summed E-state index contributed by atoms with van der Waals surface area (Å²) in [6, 6.07) is 20.4. The highest BCUT2D eigenvalue weighted by atomic mass is 16.3. The molecule has 1 aliphatic heterocycles. The van der Waals surface area contributed by atoms with E-state index >= 15 is 0 Å². The lowest BCUT2D eigenvalue weighted by Gasteiger charge is -2.25. The number of amides is 2. The average molecular weight is 542 g/mol. The van der Waals surface area contributed by atoms with Crippen LogP contribution < -0.4 is 10.7 Å². The summed E-state index contributed by atoms with van der Waals surface area (Å²) in [5.41, 5.74) is 2.08. The van der Waals surface area contributed by atoms with Gasteiger partial charge in [-0.2, -0.15) is 5.26 Å². The van der Waals surface area contributed by atoms with Gasteiger partial charge in [-0.1, -0.05) is 85.0 Å². The second kappa shape index (κ2) is 12.4. The lowest BCUT2D eigenvalue weighted by Crippen LogP contribution is -2.40. The maximum absolute atomic E-state index is 13.0. The van der Waals surface area contributed by atoms with E-state index in [2.05, 4.69) is 4.85 Å². The lowest BCUT2D eigenvalue weighted by atomic mass is 9.89. The fourth-order valence-electron chi connectivity index (χ4n) is 4.56. The molecule has 202 valence electrons. The van der Waals surface area contributed by atoms with Gasteiger partial charge in [-0.25, -0.2) is 4.85 Å². The monoisotopic (exact) mass is 541 g/mol. The Morgan fingerprint density at radius 2 is 1.51 bits per heavy atom. The van der Waals surface area contributed by atoms with Gasteiger partial charge in [-0.05, 0) is 47.1 Å². The van der Waals surface area contributed by atoms with E-state index in [1.54, 1.807) is 18.2 Å². The number of hydrogen-bond donors (Lipinski definition) is 0. The maximum atomic E-state index is 13.0. The molecule has 0 N–H and O–H groups in total. The number of aromatic nitrogens is 1. The van der Waals surface area contributed by atoms with E-state index in [-0.39, 0.29) is 35.2 Å². The van der Waals surface area contributed by atoms with Gasteiger partial charge in [0.2, 0.25) is 0 Å². The molecule has 0 saturated carbocycles. The third-order valence-corrected chi connectivity index (χ3v) is 6.75. The van der Waals surface area contributed by atoms with Crippen LogP contribution in [0.2, 0.25) is 0 Å². The molecular weight excluding hydrogens is 516 g/mol. The van der Waals surface area contributed by atoms with Crippen molar-refractivity contribution >= 4 is 23.6 Å². The molecule has 0 fully saturated rings. The second-order valence-electron chi connectivity index (χ2n) is 9.31. The minimum absolute atomic E-state index is 0.0930. The third-order valence-electron chi connectivity index (χ3n) is 6.75. The number of benzene rings is 2. The standard InChI is InChI=1S/C33H26N4O4/c1-35-29-27(20-23-15-9-5-10-16-23)25(31(39)37(3)33(29)41)18-12-6-11-17-24-26(19-22-13-7-4-8-14-22)28(21-34)32(40)36(2)30(24)38/h4-18,41H,19-20H2,2-3H3/p-1/b11-6+,18-12+,24-17-. The number of carbonyl (C=O) groups is 2. The van der Waals surface area contributed by atoms with E-state index in [0.29, 0.717) is 11.1 Å².